The molecule has 2 aromatic rings. The first kappa shape index (κ1) is 17.9. The van der Waals surface area contributed by atoms with Gasteiger partial charge in [-0.2, -0.15) is 5.10 Å². The fourth-order valence-corrected chi connectivity index (χ4v) is 5.44. The number of anilines is 1. The molecule has 1 aliphatic carbocycles. The smallest absolute Gasteiger partial charge is 0.347 e. The lowest BCUT2D eigenvalue weighted by Crippen LogP contribution is -2.35. The predicted octanol–water partition coefficient (Wildman–Crippen LogP) is 3.59. The number of hydrogen-bond donors (Lipinski definition) is 0. The van der Waals surface area contributed by atoms with Crippen LogP contribution in [-0.2, 0) is 0 Å². The molecule has 2 bridgehead atoms. The van der Waals surface area contributed by atoms with Gasteiger partial charge in [-0.15, -0.1) is 0 Å². The highest BCUT2D eigenvalue weighted by atomic mass is 16.6. The summed E-state index contributed by atoms with van der Waals surface area (Å²) in [6.45, 7) is 11.4. The maximum Gasteiger partial charge on any atom is 0.355 e. The second-order valence-corrected chi connectivity index (χ2v) is 9.31. The highest BCUT2D eigenvalue weighted by Crippen LogP contribution is 2.54. The summed E-state index contributed by atoms with van der Waals surface area (Å²) in [5.74, 6) is 0.658. The molecule has 0 amide bonds. The first-order valence-electron chi connectivity index (χ1n) is 9.38. The molecule has 2 aromatic heterocycles. The van der Waals surface area contributed by atoms with Crippen molar-refractivity contribution in [3.05, 3.63) is 33.9 Å². The zero-order valence-electron chi connectivity index (χ0n) is 16.6. The van der Waals surface area contributed by atoms with Crippen molar-refractivity contribution < 1.29 is 4.92 Å². The van der Waals surface area contributed by atoms with Crippen LogP contribution in [0, 0.1) is 34.8 Å². The largest absolute Gasteiger partial charge is 0.355 e. The Kier molecular flexibility index (Phi) is 3.80. The van der Waals surface area contributed by atoms with E-state index < -0.39 is 0 Å². The van der Waals surface area contributed by atoms with E-state index >= 15 is 0 Å². The van der Waals surface area contributed by atoms with Gasteiger partial charge in [-0.1, -0.05) is 20.8 Å². The second-order valence-electron chi connectivity index (χ2n) is 9.31. The minimum absolute atomic E-state index is 0.0577. The molecule has 3 heterocycles. The molecular weight excluding hydrogens is 344 g/mol. The van der Waals surface area contributed by atoms with E-state index in [1.54, 1.807) is 4.68 Å². The Hall–Kier alpha value is -2.51. The second kappa shape index (κ2) is 5.74. The Bertz CT molecular complexity index is 921. The van der Waals surface area contributed by atoms with Crippen LogP contribution in [0.4, 0.5) is 11.5 Å². The standard InChI is InChI=1S/C19H26N6O2/c1-12-6-13(2)24(22-12)17-15(25(26)27)16(20-11-21-17)23-10-19(5)8-14(23)7-18(3,4)9-19/h6,11,14H,7-10H2,1-5H3. The number of hydrogen-bond acceptors (Lipinski definition) is 6. The fraction of sp³-hybridized carbons (Fsp3) is 0.632. The quantitative estimate of drug-likeness (QED) is 0.606. The van der Waals surface area contributed by atoms with Crippen LogP contribution in [0.25, 0.3) is 5.82 Å². The molecule has 27 heavy (non-hydrogen) atoms. The molecule has 0 radical (unpaired) electrons. The zero-order valence-corrected chi connectivity index (χ0v) is 16.6. The van der Waals surface area contributed by atoms with E-state index in [9.17, 15) is 10.1 Å². The lowest BCUT2D eigenvalue weighted by molar-refractivity contribution is -0.384. The molecule has 0 aromatic carbocycles. The molecule has 8 nitrogen and oxygen atoms in total. The number of nitrogens with zero attached hydrogens (tertiary/aromatic N) is 6. The van der Waals surface area contributed by atoms with Gasteiger partial charge in [0, 0.05) is 18.3 Å². The van der Waals surface area contributed by atoms with Gasteiger partial charge < -0.3 is 4.90 Å². The molecular formula is C19H26N6O2. The molecule has 0 N–H and O–H groups in total. The van der Waals surface area contributed by atoms with Gasteiger partial charge >= 0.3 is 5.69 Å². The Morgan fingerprint density at radius 2 is 1.89 bits per heavy atom. The van der Waals surface area contributed by atoms with Crippen molar-refractivity contribution in [3.63, 3.8) is 0 Å². The summed E-state index contributed by atoms with van der Waals surface area (Å²) in [6, 6.07) is 2.15. The Morgan fingerprint density at radius 3 is 2.52 bits per heavy atom. The van der Waals surface area contributed by atoms with Gasteiger partial charge in [0.15, 0.2) is 0 Å². The lowest BCUT2D eigenvalue weighted by Gasteiger charge is -2.39. The molecule has 2 fully saturated rings. The van der Waals surface area contributed by atoms with Crippen molar-refractivity contribution in [2.24, 2.45) is 10.8 Å². The first-order chi connectivity index (χ1) is 12.6. The van der Waals surface area contributed by atoms with Crippen LogP contribution < -0.4 is 4.90 Å². The summed E-state index contributed by atoms with van der Waals surface area (Å²) in [5.41, 5.74) is 1.94. The lowest BCUT2D eigenvalue weighted by atomic mass is 9.65. The summed E-state index contributed by atoms with van der Waals surface area (Å²) in [6.07, 6.45) is 4.60. The number of nitro groups is 1. The minimum Gasteiger partial charge on any atom is -0.347 e. The van der Waals surface area contributed by atoms with Gasteiger partial charge in [0.25, 0.3) is 0 Å². The molecule has 144 valence electrons. The highest BCUT2D eigenvalue weighted by molar-refractivity contribution is 5.66. The molecule has 1 saturated heterocycles. The average Bonchev–Trinajstić information content (AvgIpc) is 3.00. The van der Waals surface area contributed by atoms with Crippen LogP contribution in [0.5, 0.6) is 0 Å². The van der Waals surface area contributed by atoms with E-state index in [2.05, 4.69) is 40.7 Å². The van der Waals surface area contributed by atoms with E-state index in [0.29, 0.717) is 5.82 Å². The maximum atomic E-state index is 12.0. The Morgan fingerprint density at radius 1 is 1.19 bits per heavy atom. The van der Waals surface area contributed by atoms with Crippen molar-refractivity contribution >= 4 is 11.5 Å². The summed E-state index contributed by atoms with van der Waals surface area (Å²) in [5, 5.41) is 16.4. The third kappa shape index (κ3) is 2.96. The van der Waals surface area contributed by atoms with Gasteiger partial charge in [0.2, 0.25) is 11.6 Å². The number of rotatable bonds is 3. The van der Waals surface area contributed by atoms with Gasteiger partial charge in [0.05, 0.1) is 10.6 Å². The van der Waals surface area contributed by atoms with Gasteiger partial charge in [-0.3, -0.25) is 10.1 Å². The molecule has 2 unspecified atom stereocenters. The van der Waals surface area contributed by atoms with Crippen molar-refractivity contribution in [2.45, 2.75) is 59.9 Å². The number of fused-ring (bicyclic) bond motifs is 2. The normalized spacial score (nSPS) is 26.4. The molecule has 4 rings (SSSR count). The monoisotopic (exact) mass is 370 g/mol. The molecule has 2 aliphatic rings. The van der Waals surface area contributed by atoms with E-state index in [0.717, 1.165) is 37.2 Å². The van der Waals surface area contributed by atoms with Crippen LogP contribution in [-0.4, -0.2) is 37.3 Å². The molecule has 0 spiro atoms. The molecule has 1 aliphatic heterocycles. The zero-order chi connectivity index (χ0) is 19.6. The fourth-order valence-electron chi connectivity index (χ4n) is 5.44. The predicted molar refractivity (Wildman–Crippen MR) is 102 cm³/mol. The van der Waals surface area contributed by atoms with Crippen molar-refractivity contribution in [1.29, 1.82) is 0 Å². The van der Waals surface area contributed by atoms with Crippen LogP contribution in [0.1, 0.15) is 51.4 Å². The summed E-state index contributed by atoms with van der Waals surface area (Å²) in [4.78, 5) is 22.4. The van der Waals surface area contributed by atoms with E-state index in [-0.39, 0.29) is 33.3 Å². The Balaban J connectivity index is 1.84. The van der Waals surface area contributed by atoms with Crippen LogP contribution in [0.2, 0.25) is 0 Å². The highest BCUT2D eigenvalue weighted by Gasteiger charge is 2.51. The van der Waals surface area contributed by atoms with Gasteiger partial charge in [0.1, 0.15) is 6.33 Å². The van der Waals surface area contributed by atoms with E-state index in [1.165, 1.54) is 6.33 Å². The van der Waals surface area contributed by atoms with Crippen molar-refractivity contribution in [2.75, 3.05) is 11.4 Å². The topological polar surface area (TPSA) is 90.0 Å². The molecule has 2 atom stereocenters. The molecule has 8 heteroatoms. The Labute approximate surface area is 158 Å². The van der Waals surface area contributed by atoms with E-state index in [1.807, 2.05) is 19.9 Å². The van der Waals surface area contributed by atoms with Crippen LogP contribution >= 0.6 is 0 Å². The van der Waals surface area contributed by atoms with Crippen LogP contribution in [0.3, 0.4) is 0 Å². The first-order valence-corrected chi connectivity index (χ1v) is 9.38. The maximum absolute atomic E-state index is 12.0. The molecule has 1 saturated carbocycles. The summed E-state index contributed by atoms with van der Waals surface area (Å²) >= 11 is 0. The number of aromatic nitrogens is 4. The minimum atomic E-state index is -0.364. The van der Waals surface area contributed by atoms with E-state index in [4.69, 9.17) is 0 Å². The van der Waals surface area contributed by atoms with Crippen molar-refractivity contribution in [1.82, 2.24) is 19.7 Å². The summed E-state index contributed by atoms with van der Waals surface area (Å²) in [7, 11) is 0. The number of aryl methyl sites for hydroxylation is 2. The summed E-state index contributed by atoms with van der Waals surface area (Å²) < 4.78 is 1.55. The van der Waals surface area contributed by atoms with Crippen molar-refractivity contribution in [3.8, 4) is 5.82 Å². The SMILES string of the molecule is Cc1cc(C)n(-c2ncnc(N3CC4(C)CC3CC(C)(C)C4)c2[N+](=O)[O-])n1. The third-order valence-corrected chi connectivity index (χ3v) is 5.86. The third-order valence-electron chi connectivity index (χ3n) is 5.86. The van der Waals surface area contributed by atoms with Gasteiger partial charge in [-0.05, 0) is 50.0 Å². The average molecular weight is 370 g/mol. The van der Waals surface area contributed by atoms with Gasteiger partial charge in [-0.25, -0.2) is 14.6 Å². The van der Waals surface area contributed by atoms with Crippen LogP contribution in [0.15, 0.2) is 12.4 Å².